The smallest absolute Gasteiger partial charge is 0.214 e. The summed E-state index contributed by atoms with van der Waals surface area (Å²) in [4.78, 5) is 6.48. The fourth-order valence-electron chi connectivity index (χ4n) is 1.81. The molecular weight excluding hydrogens is 190 g/mol. The molecule has 1 N–H and O–H groups in total. The van der Waals surface area contributed by atoms with Crippen molar-refractivity contribution in [1.82, 2.24) is 10.3 Å². The van der Waals surface area contributed by atoms with Crippen LogP contribution in [0.25, 0.3) is 0 Å². The average Bonchev–Trinajstić information content (AvgIpc) is 2.58. The van der Waals surface area contributed by atoms with Crippen LogP contribution in [-0.2, 0) is 0 Å². The number of pyridine rings is 1. The minimum atomic E-state index is 0.685. The molecule has 2 heterocycles. The molecule has 1 aromatic rings. The summed E-state index contributed by atoms with van der Waals surface area (Å²) in [5, 5.41) is 3.39. The Morgan fingerprint density at radius 2 is 2.33 bits per heavy atom. The van der Waals surface area contributed by atoms with E-state index in [0.29, 0.717) is 5.88 Å². The Balaban J connectivity index is 2.12. The molecule has 15 heavy (non-hydrogen) atoms. The van der Waals surface area contributed by atoms with E-state index in [1.165, 1.54) is 12.1 Å². The predicted octanol–water partition coefficient (Wildman–Crippen LogP) is 0.890. The van der Waals surface area contributed by atoms with Gasteiger partial charge in [-0.15, -0.1) is 0 Å². The van der Waals surface area contributed by atoms with Crippen molar-refractivity contribution in [3.8, 4) is 5.88 Å². The summed E-state index contributed by atoms with van der Waals surface area (Å²) in [6.07, 6.45) is 2.98. The van der Waals surface area contributed by atoms with Crippen LogP contribution in [0.3, 0.4) is 0 Å². The first kappa shape index (κ1) is 10.2. The maximum absolute atomic E-state index is 5.12. The zero-order chi connectivity index (χ0) is 10.5. The normalized spacial score (nSPS) is 17.3. The number of methoxy groups -OCH3 is 1. The Bertz CT molecular complexity index is 308. The third kappa shape index (κ3) is 2.59. The van der Waals surface area contributed by atoms with Crippen molar-refractivity contribution < 1.29 is 4.74 Å². The average molecular weight is 207 g/mol. The molecule has 1 aromatic heterocycles. The maximum Gasteiger partial charge on any atom is 0.214 e. The highest BCUT2D eigenvalue weighted by atomic mass is 16.5. The van der Waals surface area contributed by atoms with E-state index in [1.54, 1.807) is 13.3 Å². The molecule has 4 heteroatoms. The van der Waals surface area contributed by atoms with E-state index in [4.69, 9.17) is 4.74 Å². The van der Waals surface area contributed by atoms with Gasteiger partial charge in [0.2, 0.25) is 5.88 Å². The first-order chi connectivity index (χ1) is 7.40. The van der Waals surface area contributed by atoms with E-state index in [2.05, 4.69) is 15.2 Å². The molecule has 0 saturated carbocycles. The van der Waals surface area contributed by atoms with E-state index in [1.807, 2.05) is 12.1 Å². The molecule has 0 radical (unpaired) electrons. The standard InChI is InChI=1S/C11H17N3O/c1-15-11-9-10(3-5-13-11)14-7-2-4-12-6-8-14/h3,5,9,12H,2,4,6-8H2,1H3. The third-order valence-electron chi connectivity index (χ3n) is 2.63. The van der Waals surface area contributed by atoms with E-state index in [0.717, 1.165) is 26.2 Å². The van der Waals surface area contributed by atoms with Crippen LogP contribution >= 0.6 is 0 Å². The maximum atomic E-state index is 5.12. The number of anilines is 1. The first-order valence-electron chi connectivity index (χ1n) is 5.36. The van der Waals surface area contributed by atoms with Crippen molar-refractivity contribution in [1.29, 1.82) is 0 Å². The lowest BCUT2D eigenvalue weighted by Gasteiger charge is -2.22. The summed E-state index contributed by atoms with van der Waals surface area (Å²) in [6.45, 7) is 4.30. The van der Waals surface area contributed by atoms with Crippen LogP contribution in [0.2, 0.25) is 0 Å². The van der Waals surface area contributed by atoms with Crippen molar-refractivity contribution in [3.05, 3.63) is 18.3 Å². The van der Waals surface area contributed by atoms with Crippen LogP contribution in [0.15, 0.2) is 18.3 Å². The Hall–Kier alpha value is -1.29. The van der Waals surface area contributed by atoms with Gasteiger partial charge in [0.15, 0.2) is 0 Å². The molecule has 0 aliphatic carbocycles. The largest absolute Gasteiger partial charge is 0.481 e. The van der Waals surface area contributed by atoms with Crippen LogP contribution < -0.4 is 15.0 Å². The summed E-state index contributed by atoms with van der Waals surface area (Å²) in [5.74, 6) is 0.685. The second kappa shape index (κ2) is 4.98. The Kier molecular flexibility index (Phi) is 3.40. The molecule has 1 aliphatic rings. The van der Waals surface area contributed by atoms with Gasteiger partial charge in [0.05, 0.1) is 7.11 Å². The van der Waals surface area contributed by atoms with Gasteiger partial charge in [0, 0.05) is 37.6 Å². The fraction of sp³-hybridized carbons (Fsp3) is 0.545. The van der Waals surface area contributed by atoms with Crippen LogP contribution in [0, 0.1) is 0 Å². The highest BCUT2D eigenvalue weighted by molar-refractivity contribution is 5.48. The van der Waals surface area contributed by atoms with Gasteiger partial charge in [0.1, 0.15) is 0 Å². The molecule has 2 rings (SSSR count). The lowest BCUT2D eigenvalue weighted by Crippen LogP contribution is -2.27. The SMILES string of the molecule is COc1cc(N2CCCNCC2)ccn1. The van der Waals surface area contributed by atoms with Gasteiger partial charge in [-0.1, -0.05) is 0 Å². The van der Waals surface area contributed by atoms with Crippen molar-refractivity contribution in [2.24, 2.45) is 0 Å². The number of hydrogen-bond acceptors (Lipinski definition) is 4. The quantitative estimate of drug-likeness (QED) is 0.781. The van der Waals surface area contributed by atoms with Gasteiger partial charge < -0.3 is 15.0 Å². The Morgan fingerprint density at radius 1 is 1.40 bits per heavy atom. The molecule has 0 bridgehead atoms. The number of nitrogens with one attached hydrogen (secondary N) is 1. The van der Waals surface area contributed by atoms with Crippen molar-refractivity contribution in [3.63, 3.8) is 0 Å². The van der Waals surface area contributed by atoms with E-state index >= 15 is 0 Å². The van der Waals surface area contributed by atoms with Crippen molar-refractivity contribution in [2.75, 3.05) is 38.2 Å². The van der Waals surface area contributed by atoms with E-state index in [-0.39, 0.29) is 0 Å². The molecule has 0 unspecified atom stereocenters. The van der Waals surface area contributed by atoms with Crippen LogP contribution in [-0.4, -0.2) is 38.3 Å². The second-order valence-electron chi connectivity index (χ2n) is 3.65. The van der Waals surface area contributed by atoms with Crippen molar-refractivity contribution >= 4 is 5.69 Å². The van der Waals surface area contributed by atoms with Gasteiger partial charge >= 0.3 is 0 Å². The molecule has 0 aromatic carbocycles. The fourth-order valence-corrected chi connectivity index (χ4v) is 1.81. The minimum absolute atomic E-state index is 0.685. The monoisotopic (exact) mass is 207 g/mol. The van der Waals surface area contributed by atoms with Crippen LogP contribution in [0.1, 0.15) is 6.42 Å². The van der Waals surface area contributed by atoms with Crippen LogP contribution in [0.4, 0.5) is 5.69 Å². The first-order valence-corrected chi connectivity index (χ1v) is 5.36. The molecule has 0 atom stereocenters. The zero-order valence-electron chi connectivity index (χ0n) is 9.07. The third-order valence-corrected chi connectivity index (χ3v) is 2.63. The molecule has 4 nitrogen and oxygen atoms in total. The molecule has 0 amide bonds. The minimum Gasteiger partial charge on any atom is -0.481 e. The molecule has 1 saturated heterocycles. The van der Waals surface area contributed by atoms with Crippen molar-refractivity contribution in [2.45, 2.75) is 6.42 Å². The topological polar surface area (TPSA) is 37.4 Å². The molecule has 1 fully saturated rings. The molecule has 0 spiro atoms. The summed E-state index contributed by atoms with van der Waals surface area (Å²) in [6, 6.07) is 4.03. The lowest BCUT2D eigenvalue weighted by atomic mass is 10.3. The van der Waals surface area contributed by atoms with Gasteiger partial charge in [-0.25, -0.2) is 4.98 Å². The van der Waals surface area contributed by atoms with Gasteiger partial charge in [-0.3, -0.25) is 0 Å². The summed E-state index contributed by atoms with van der Waals surface area (Å²) >= 11 is 0. The Morgan fingerprint density at radius 3 is 3.20 bits per heavy atom. The molecular formula is C11H17N3O. The number of aromatic nitrogens is 1. The van der Waals surface area contributed by atoms with E-state index in [9.17, 15) is 0 Å². The van der Waals surface area contributed by atoms with E-state index < -0.39 is 0 Å². The zero-order valence-corrected chi connectivity index (χ0v) is 9.07. The summed E-state index contributed by atoms with van der Waals surface area (Å²) in [7, 11) is 1.65. The van der Waals surface area contributed by atoms with Gasteiger partial charge in [-0.2, -0.15) is 0 Å². The highest BCUT2D eigenvalue weighted by Crippen LogP contribution is 2.18. The molecule has 1 aliphatic heterocycles. The van der Waals surface area contributed by atoms with Gasteiger partial charge in [0.25, 0.3) is 0 Å². The number of rotatable bonds is 2. The lowest BCUT2D eigenvalue weighted by molar-refractivity contribution is 0.398. The number of ether oxygens (including phenoxy) is 1. The van der Waals surface area contributed by atoms with Gasteiger partial charge in [-0.05, 0) is 19.0 Å². The number of nitrogens with zero attached hydrogens (tertiary/aromatic N) is 2. The highest BCUT2D eigenvalue weighted by Gasteiger charge is 2.09. The Labute approximate surface area is 90.3 Å². The number of hydrogen-bond donors (Lipinski definition) is 1. The molecule has 82 valence electrons. The summed E-state index contributed by atoms with van der Waals surface area (Å²) in [5.41, 5.74) is 1.20. The van der Waals surface area contributed by atoms with Crippen LogP contribution in [0.5, 0.6) is 5.88 Å². The summed E-state index contributed by atoms with van der Waals surface area (Å²) < 4.78 is 5.12. The second-order valence-corrected chi connectivity index (χ2v) is 3.65. The predicted molar refractivity (Wildman–Crippen MR) is 60.5 cm³/mol.